The lowest BCUT2D eigenvalue weighted by atomic mass is 9.94. The summed E-state index contributed by atoms with van der Waals surface area (Å²) < 4.78 is 0. The number of rotatable bonds is 6. The summed E-state index contributed by atoms with van der Waals surface area (Å²) in [5.41, 5.74) is 0.870. The van der Waals surface area contributed by atoms with Gasteiger partial charge in [0.25, 0.3) is 11.8 Å². The van der Waals surface area contributed by atoms with Crippen molar-refractivity contribution >= 4 is 11.8 Å². The molecule has 1 aromatic heterocycles. The summed E-state index contributed by atoms with van der Waals surface area (Å²) in [5.74, 6) is 0.652. The molecule has 0 radical (unpaired) electrons. The number of amides is 2. The molecule has 3 rings (SSSR count). The zero-order valence-electron chi connectivity index (χ0n) is 15.1. The molecule has 2 aliphatic rings. The summed E-state index contributed by atoms with van der Waals surface area (Å²) in [6.07, 6.45) is 18.1. The van der Waals surface area contributed by atoms with E-state index in [1.54, 1.807) is 6.07 Å². The minimum atomic E-state index is -0.167. The van der Waals surface area contributed by atoms with Crippen molar-refractivity contribution in [3.8, 4) is 0 Å². The van der Waals surface area contributed by atoms with Crippen LogP contribution in [-0.4, -0.2) is 29.9 Å². The average Bonchev–Trinajstić information content (AvgIpc) is 2.72. The van der Waals surface area contributed by atoms with Crippen LogP contribution in [0, 0.1) is 11.8 Å². The van der Waals surface area contributed by atoms with Crippen molar-refractivity contribution in [2.24, 2.45) is 11.8 Å². The molecule has 2 atom stereocenters. The molecule has 2 aliphatic carbocycles. The highest BCUT2D eigenvalue weighted by atomic mass is 16.2. The van der Waals surface area contributed by atoms with Crippen LogP contribution < -0.4 is 10.6 Å². The number of nitrogens with zero attached hydrogens (tertiary/aromatic N) is 1. The second-order valence-electron chi connectivity index (χ2n) is 7.18. The Morgan fingerprint density at radius 1 is 0.846 bits per heavy atom. The lowest BCUT2D eigenvalue weighted by Crippen LogP contribution is -2.31. The van der Waals surface area contributed by atoms with E-state index in [-0.39, 0.29) is 11.8 Å². The Labute approximate surface area is 155 Å². The third-order valence-electron chi connectivity index (χ3n) is 5.12. The monoisotopic (exact) mass is 353 g/mol. The Hall–Kier alpha value is -2.43. The second kappa shape index (κ2) is 9.32. The van der Waals surface area contributed by atoms with Gasteiger partial charge in [-0.25, -0.2) is 0 Å². The molecule has 2 N–H and O–H groups in total. The third-order valence-corrected chi connectivity index (χ3v) is 5.12. The number of pyridine rings is 1. The first-order valence-corrected chi connectivity index (χ1v) is 9.54. The molecule has 0 saturated carbocycles. The van der Waals surface area contributed by atoms with Gasteiger partial charge in [-0.3, -0.25) is 14.6 Å². The van der Waals surface area contributed by atoms with E-state index in [0.717, 1.165) is 38.5 Å². The highest BCUT2D eigenvalue weighted by molar-refractivity contribution is 5.99. The predicted octanol–water partition coefficient (Wildman–Crippen LogP) is 3.25. The molecule has 138 valence electrons. The Balaban J connectivity index is 1.51. The highest BCUT2D eigenvalue weighted by Gasteiger charge is 2.16. The number of carbonyl (C=O) groups excluding carboxylic acids is 2. The quantitative estimate of drug-likeness (QED) is 0.771. The molecule has 0 aromatic carbocycles. The number of allylic oxidation sites excluding steroid dienone is 4. The van der Waals surface area contributed by atoms with Crippen molar-refractivity contribution < 1.29 is 9.59 Å². The first-order chi connectivity index (χ1) is 12.7. The maximum atomic E-state index is 12.4. The Morgan fingerprint density at radius 3 is 1.77 bits per heavy atom. The van der Waals surface area contributed by atoms with Crippen LogP contribution in [0.15, 0.2) is 42.8 Å². The van der Waals surface area contributed by atoms with E-state index in [9.17, 15) is 9.59 Å². The van der Waals surface area contributed by atoms with Crippen LogP contribution in [0.5, 0.6) is 0 Å². The van der Waals surface area contributed by atoms with Crippen molar-refractivity contribution in [2.75, 3.05) is 13.1 Å². The minimum absolute atomic E-state index is 0.167. The first kappa shape index (κ1) is 18.4. The van der Waals surface area contributed by atoms with Crippen LogP contribution in [0.2, 0.25) is 0 Å². The predicted molar refractivity (Wildman–Crippen MR) is 102 cm³/mol. The molecular weight excluding hydrogens is 326 g/mol. The van der Waals surface area contributed by atoms with E-state index in [0.29, 0.717) is 36.1 Å². The number of carbonyl (C=O) groups is 2. The normalized spacial score (nSPS) is 22.0. The fourth-order valence-electron chi connectivity index (χ4n) is 3.45. The SMILES string of the molecule is O=C(NC[C@@H]1CC=CCC1)c1cncc(C(=O)NC[C@@H]2CC=CCC2)c1. The Morgan fingerprint density at radius 2 is 1.35 bits per heavy atom. The minimum Gasteiger partial charge on any atom is -0.352 e. The highest BCUT2D eigenvalue weighted by Crippen LogP contribution is 2.18. The molecular formula is C21H27N3O2. The van der Waals surface area contributed by atoms with Crippen molar-refractivity contribution in [3.63, 3.8) is 0 Å². The summed E-state index contributed by atoms with van der Waals surface area (Å²) >= 11 is 0. The van der Waals surface area contributed by atoms with E-state index >= 15 is 0 Å². The molecule has 2 amide bonds. The van der Waals surface area contributed by atoms with Crippen LogP contribution in [0.3, 0.4) is 0 Å². The van der Waals surface area contributed by atoms with Crippen molar-refractivity contribution in [1.82, 2.24) is 15.6 Å². The zero-order valence-corrected chi connectivity index (χ0v) is 15.1. The number of aromatic nitrogens is 1. The molecule has 1 aromatic rings. The molecule has 5 heteroatoms. The van der Waals surface area contributed by atoms with Crippen molar-refractivity contribution in [3.05, 3.63) is 53.9 Å². The van der Waals surface area contributed by atoms with E-state index in [4.69, 9.17) is 0 Å². The van der Waals surface area contributed by atoms with Crippen LogP contribution in [-0.2, 0) is 0 Å². The molecule has 5 nitrogen and oxygen atoms in total. The summed E-state index contributed by atoms with van der Waals surface area (Å²) in [7, 11) is 0. The van der Waals surface area contributed by atoms with Crippen LogP contribution >= 0.6 is 0 Å². The van der Waals surface area contributed by atoms with Gasteiger partial charge in [0.15, 0.2) is 0 Å². The Kier molecular flexibility index (Phi) is 6.58. The number of nitrogens with one attached hydrogen (secondary N) is 2. The van der Waals surface area contributed by atoms with Crippen LogP contribution in [0.1, 0.15) is 59.2 Å². The van der Waals surface area contributed by atoms with Gasteiger partial charge in [-0.2, -0.15) is 0 Å². The first-order valence-electron chi connectivity index (χ1n) is 9.54. The largest absolute Gasteiger partial charge is 0.352 e. The standard InChI is InChI=1S/C21H27N3O2/c25-20(23-12-16-7-3-1-4-8-16)18-11-19(15-22-14-18)21(26)24-13-17-9-5-2-6-10-17/h1-3,5,11,14-17H,4,6-10,12-13H2,(H,23,25)(H,24,26)/t16-,17-/m1/s1. The maximum absolute atomic E-state index is 12.4. The summed E-state index contributed by atoms with van der Waals surface area (Å²) in [6.45, 7) is 1.32. The topological polar surface area (TPSA) is 71.1 Å². The molecule has 1 heterocycles. The second-order valence-corrected chi connectivity index (χ2v) is 7.18. The van der Waals surface area contributed by atoms with Gasteiger partial charge in [-0.15, -0.1) is 0 Å². The summed E-state index contributed by atoms with van der Waals surface area (Å²) in [5, 5.41) is 5.93. The van der Waals surface area contributed by atoms with Gasteiger partial charge in [0.05, 0.1) is 11.1 Å². The number of hydrogen-bond acceptors (Lipinski definition) is 3. The lowest BCUT2D eigenvalue weighted by molar-refractivity contribution is 0.0945. The van der Waals surface area contributed by atoms with E-state index in [2.05, 4.69) is 39.9 Å². The average molecular weight is 353 g/mol. The van der Waals surface area contributed by atoms with Gasteiger partial charge >= 0.3 is 0 Å². The zero-order chi connectivity index (χ0) is 18.2. The molecule has 26 heavy (non-hydrogen) atoms. The van der Waals surface area contributed by atoms with Crippen LogP contribution in [0.4, 0.5) is 0 Å². The molecule has 0 bridgehead atoms. The molecule has 0 aliphatic heterocycles. The van der Waals surface area contributed by atoms with E-state index < -0.39 is 0 Å². The fourth-order valence-corrected chi connectivity index (χ4v) is 3.45. The maximum Gasteiger partial charge on any atom is 0.252 e. The fraction of sp³-hybridized carbons (Fsp3) is 0.476. The molecule has 0 unspecified atom stereocenters. The number of hydrogen-bond donors (Lipinski definition) is 2. The summed E-state index contributed by atoms with van der Waals surface area (Å²) in [4.78, 5) is 28.8. The van der Waals surface area contributed by atoms with E-state index in [1.165, 1.54) is 12.4 Å². The molecule has 0 spiro atoms. The Bertz CT molecular complexity index is 641. The third kappa shape index (κ3) is 5.28. The molecule has 0 saturated heterocycles. The van der Waals surface area contributed by atoms with Gasteiger partial charge in [0.1, 0.15) is 0 Å². The van der Waals surface area contributed by atoms with Crippen molar-refractivity contribution in [1.29, 1.82) is 0 Å². The van der Waals surface area contributed by atoms with Crippen molar-refractivity contribution in [2.45, 2.75) is 38.5 Å². The van der Waals surface area contributed by atoms with Gasteiger partial charge in [-0.1, -0.05) is 24.3 Å². The van der Waals surface area contributed by atoms with E-state index in [1.807, 2.05) is 0 Å². The van der Waals surface area contributed by atoms with Crippen LogP contribution in [0.25, 0.3) is 0 Å². The van der Waals surface area contributed by atoms with Gasteiger partial charge in [-0.05, 0) is 56.4 Å². The summed E-state index contributed by atoms with van der Waals surface area (Å²) in [6, 6.07) is 1.62. The van der Waals surface area contributed by atoms with Gasteiger partial charge in [0.2, 0.25) is 0 Å². The smallest absolute Gasteiger partial charge is 0.252 e. The van der Waals surface area contributed by atoms with Gasteiger partial charge < -0.3 is 10.6 Å². The molecule has 0 fully saturated rings. The lowest BCUT2D eigenvalue weighted by Gasteiger charge is -2.18. The van der Waals surface area contributed by atoms with Gasteiger partial charge in [0, 0.05) is 25.5 Å².